The molecule has 4 aromatic rings. The van der Waals surface area contributed by atoms with Crippen molar-refractivity contribution in [3.8, 4) is 0 Å². The van der Waals surface area contributed by atoms with Gasteiger partial charge in [-0.1, -0.05) is 48.0 Å². The topological polar surface area (TPSA) is 70.6 Å². The first-order valence-electron chi connectivity index (χ1n) is 10.6. The van der Waals surface area contributed by atoms with Crippen LogP contribution >= 0.6 is 0 Å². The van der Waals surface area contributed by atoms with Crippen LogP contribution in [0, 0.1) is 6.92 Å². The van der Waals surface area contributed by atoms with Gasteiger partial charge >= 0.3 is 0 Å². The lowest BCUT2D eigenvalue weighted by molar-refractivity contribution is 0.0700. The van der Waals surface area contributed by atoms with Crippen LogP contribution in [0.4, 0.5) is 0 Å². The van der Waals surface area contributed by atoms with Crippen LogP contribution in [0.15, 0.2) is 77.8 Å². The fourth-order valence-electron chi connectivity index (χ4n) is 4.25. The summed E-state index contributed by atoms with van der Waals surface area (Å²) in [4.78, 5) is 19.9. The monoisotopic (exact) mass is 445 g/mol. The second kappa shape index (κ2) is 8.00. The zero-order chi connectivity index (χ0) is 22.3. The molecule has 6 nitrogen and oxygen atoms in total. The van der Waals surface area contributed by atoms with E-state index in [-0.39, 0.29) is 23.9 Å². The molecule has 32 heavy (non-hydrogen) atoms. The van der Waals surface area contributed by atoms with Crippen molar-refractivity contribution in [3.05, 3.63) is 84.1 Å². The number of fused-ring (bicyclic) bond motifs is 3. The number of rotatable bonds is 3. The Bertz CT molecular complexity index is 1420. The number of carbonyl (C=O) groups excluding carboxylic acids is 1. The molecule has 5 rings (SSSR count). The van der Waals surface area contributed by atoms with Crippen LogP contribution in [0.25, 0.3) is 21.7 Å². The van der Waals surface area contributed by atoms with E-state index >= 15 is 0 Å². The molecule has 1 aliphatic rings. The number of aryl methyl sites for hydroxylation is 1. The Morgan fingerprint density at radius 2 is 1.56 bits per heavy atom. The zero-order valence-corrected chi connectivity index (χ0v) is 18.5. The lowest BCUT2D eigenvalue weighted by atomic mass is 10.00. The van der Waals surface area contributed by atoms with Gasteiger partial charge in [-0.3, -0.25) is 9.78 Å². The predicted octanol–water partition coefficient (Wildman–Crippen LogP) is 3.84. The van der Waals surface area contributed by atoms with Gasteiger partial charge in [-0.15, -0.1) is 0 Å². The molecule has 0 bridgehead atoms. The highest BCUT2D eigenvalue weighted by Crippen LogP contribution is 2.28. The average Bonchev–Trinajstić information content (AvgIpc) is 2.83. The average molecular weight is 446 g/mol. The fourth-order valence-corrected chi connectivity index (χ4v) is 5.68. The van der Waals surface area contributed by atoms with Crippen LogP contribution in [0.5, 0.6) is 0 Å². The molecule has 0 saturated carbocycles. The van der Waals surface area contributed by atoms with E-state index in [0.717, 1.165) is 21.7 Å². The zero-order valence-electron chi connectivity index (χ0n) is 17.7. The Balaban J connectivity index is 1.41. The summed E-state index contributed by atoms with van der Waals surface area (Å²) in [6, 6.07) is 20.6. The molecular weight excluding hydrogens is 422 g/mol. The van der Waals surface area contributed by atoms with Crippen molar-refractivity contribution < 1.29 is 13.2 Å². The molecule has 0 unspecified atom stereocenters. The number of pyridine rings is 1. The second-order valence-corrected chi connectivity index (χ2v) is 9.99. The summed E-state index contributed by atoms with van der Waals surface area (Å²) < 4.78 is 27.4. The summed E-state index contributed by atoms with van der Waals surface area (Å²) in [5, 5.41) is 2.98. The highest BCUT2D eigenvalue weighted by atomic mass is 32.2. The highest BCUT2D eigenvalue weighted by Gasteiger charge is 2.31. The summed E-state index contributed by atoms with van der Waals surface area (Å²) in [6.07, 6.45) is 1.69. The van der Waals surface area contributed by atoms with E-state index < -0.39 is 10.0 Å². The molecule has 0 radical (unpaired) electrons. The van der Waals surface area contributed by atoms with Crippen LogP contribution in [0.1, 0.15) is 15.9 Å². The fraction of sp³-hybridized carbons (Fsp3) is 0.200. The summed E-state index contributed by atoms with van der Waals surface area (Å²) in [5.74, 6) is -0.119. The van der Waals surface area contributed by atoms with Crippen LogP contribution in [-0.4, -0.2) is 54.7 Å². The van der Waals surface area contributed by atoms with Gasteiger partial charge in [0.2, 0.25) is 10.0 Å². The minimum Gasteiger partial charge on any atom is -0.336 e. The molecule has 1 amide bonds. The van der Waals surface area contributed by atoms with Gasteiger partial charge in [0.15, 0.2) is 0 Å². The number of piperazine rings is 1. The number of nitrogens with zero attached hydrogens (tertiary/aromatic N) is 3. The molecule has 0 spiro atoms. The van der Waals surface area contributed by atoms with Gasteiger partial charge in [0, 0.05) is 37.8 Å². The Morgan fingerprint density at radius 1 is 0.875 bits per heavy atom. The van der Waals surface area contributed by atoms with Crippen molar-refractivity contribution in [2.45, 2.75) is 11.8 Å². The smallest absolute Gasteiger partial charge is 0.256 e. The minimum atomic E-state index is -3.57. The van der Waals surface area contributed by atoms with E-state index in [2.05, 4.69) is 4.98 Å². The molecule has 3 aromatic carbocycles. The maximum Gasteiger partial charge on any atom is 0.256 e. The Labute approximate surface area is 187 Å². The van der Waals surface area contributed by atoms with Crippen LogP contribution < -0.4 is 0 Å². The van der Waals surface area contributed by atoms with Crippen molar-refractivity contribution in [3.63, 3.8) is 0 Å². The number of aromatic nitrogens is 1. The van der Waals surface area contributed by atoms with Gasteiger partial charge in [0.25, 0.3) is 5.91 Å². The van der Waals surface area contributed by atoms with E-state index in [4.69, 9.17) is 0 Å². The van der Waals surface area contributed by atoms with Crippen molar-refractivity contribution in [1.82, 2.24) is 14.2 Å². The molecule has 0 atom stereocenters. The Morgan fingerprint density at radius 3 is 2.31 bits per heavy atom. The molecule has 0 aliphatic carbocycles. The summed E-state index contributed by atoms with van der Waals surface area (Å²) in [7, 11) is -3.57. The molecule has 1 saturated heterocycles. The van der Waals surface area contributed by atoms with E-state index in [1.807, 2.05) is 49.4 Å². The number of benzene rings is 3. The van der Waals surface area contributed by atoms with Gasteiger partial charge in [0.05, 0.1) is 16.0 Å². The van der Waals surface area contributed by atoms with Gasteiger partial charge in [-0.25, -0.2) is 8.42 Å². The van der Waals surface area contributed by atoms with Gasteiger partial charge < -0.3 is 4.90 Å². The quantitative estimate of drug-likeness (QED) is 0.449. The normalized spacial score (nSPS) is 15.3. The molecule has 1 fully saturated rings. The number of hydrogen-bond acceptors (Lipinski definition) is 4. The van der Waals surface area contributed by atoms with Crippen molar-refractivity contribution in [2.75, 3.05) is 26.2 Å². The van der Waals surface area contributed by atoms with Crippen LogP contribution in [-0.2, 0) is 10.0 Å². The van der Waals surface area contributed by atoms with E-state index in [1.54, 1.807) is 35.4 Å². The van der Waals surface area contributed by atoms with Gasteiger partial charge in [-0.2, -0.15) is 4.31 Å². The lowest BCUT2D eigenvalue weighted by Gasteiger charge is -2.34. The van der Waals surface area contributed by atoms with Crippen LogP contribution in [0.2, 0.25) is 0 Å². The van der Waals surface area contributed by atoms with Gasteiger partial charge in [0.1, 0.15) is 0 Å². The second-order valence-electron chi connectivity index (χ2n) is 8.05. The predicted molar refractivity (Wildman–Crippen MR) is 125 cm³/mol. The van der Waals surface area contributed by atoms with Crippen molar-refractivity contribution in [2.24, 2.45) is 0 Å². The molecule has 7 heteroatoms. The number of carbonyl (C=O) groups is 1. The molecule has 0 N–H and O–H groups in total. The first-order valence-corrected chi connectivity index (χ1v) is 12.0. The van der Waals surface area contributed by atoms with Crippen molar-refractivity contribution >= 4 is 37.6 Å². The van der Waals surface area contributed by atoms with Crippen LogP contribution in [0.3, 0.4) is 0 Å². The third-order valence-electron chi connectivity index (χ3n) is 6.03. The summed E-state index contributed by atoms with van der Waals surface area (Å²) in [5.41, 5.74) is 2.23. The largest absolute Gasteiger partial charge is 0.336 e. The van der Waals surface area contributed by atoms with E-state index in [9.17, 15) is 13.2 Å². The van der Waals surface area contributed by atoms with Gasteiger partial charge in [-0.05, 0) is 42.0 Å². The lowest BCUT2D eigenvalue weighted by Crippen LogP contribution is -2.50. The number of sulfonamides is 1. The SMILES string of the molecule is Cc1ccc(S(=O)(=O)N2CCN(C(=O)c3cc4ccccc4c4cccnc34)CC2)cc1. The van der Waals surface area contributed by atoms with E-state index in [0.29, 0.717) is 24.2 Å². The number of amides is 1. The maximum absolute atomic E-state index is 13.4. The molecule has 1 aromatic heterocycles. The highest BCUT2D eigenvalue weighted by molar-refractivity contribution is 7.89. The minimum absolute atomic E-state index is 0.119. The Kier molecular flexibility index (Phi) is 5.15. The maximum atomic E-state index is 13.4. The Hall–Kier alpha value is -3.29. The summed E-state index contributed by atoms with van der Waals surface area (Å²) >= 11 is 0. The third kappa shape index (κ3) is 3.53. The number of hydrogen-bond donors (Lipinski definition) is 0. The molecule has 162 valence electrons. The van der Waals surface area contributed by atoms with Crippen molar-refractivity contribution in [1.29, 1.82) is 0 Å². The first kappa shape index (κ1) is 20.6. The molecule has 1 aliphatic heterocycles. The molecule has 2 heterocycles. The van der Waals surface area contributed by atoms with E-state index in [1.165, 1.54) is 4.31 Å². The summed E-state index contributed by atoms with van der Waals surface area (Å²) in [6.45, 7) is 3.13. The molecular formula is C25H23N3O3S. The first-order chi connectivity index (χ1) is 15.4. The third-order valence-corrected chi connectivity index (χ3v) is 7.94. The standard InChI is InChI=1S/C25H23N3O3S/c1-18-8-10-20(11-9-18)32(30,31)28-15-13-27(14-16-28)25(29)23-17-19-5-2-3-6-21(19)22-7-4-12-26-24(22)23/h2-12,17H,13-16H2,1H3.